The maximum atomic E-state index is 11.7. The van der Waals surface area contributed by atoms with Crippen LogP contribution in [-0.4, -0.2) is 30.5 Å². The van der Waals surface area contributed by atoms with E-state index in [0.29, 0.717) is 19.6 Å². The Balaban J connectivity index is 2.07. The van der Waals surface area contributed by atoms with E-state index in [0.717, 1.165) is 31.3 Å². The topological polar surface area (TPSA) is 52.6 Å². The lowest BCUT2D eigenvalue weighted by Gasteiger charge is -2.26. The molecule has 0 radical (unpaired) electrons. The molecule has 0 aliphatic heterocycles. The Hall–Kier alpha value is -1.03. The highest BCUT2D eigenvalue weighted by Crippen LogP contribution is 2.28. The summed E-state index contributed by atoms with van der Waals surface area (Å²) in [5, 5.41) is 0.117. The molecule has 4 nitrogen and oxygen atoms in total. The number of ether oxygens (including phenoxy) is 2. The number of allylic oxidation sites excluding steroid dienone is 1. The van der Waals surface area contributed by atoms with E-state index in [1.54, 1.807) is 0 Å². The largest absolute Gasteiger partial charge is 0.465 e. The molecule has 0 saturated heterocycles. The summed E-state index contributed by atoms with van der Waals surface area (Å²) >= 11 is 6.23. The Labute approximate surface area is 138 Å². The normalized spacial score (nSPS) is 21.0. The molecular formula is C17H27ClO4. The van der Waals surface area contributed by atoms with Gasteiger partial charge in [-0.15, -0.1) is 11.6 Å². The summed E-state index contributed by atoms with van der Waals surface area (Å²) in [5.41, 5.74) is 1.11. The zero-order valence-corrected chi connectivity index (χ0v) is 14.4. The first-order valence-electron chi connectivity index (χ1n) is 8.07. The molecule has 1 aliphatic carbocycles. The lowest BCUT2D eigenvalue weighted by Crippen LogP contribution is -2.25. The van der Waals surface area contributed by atoms with Crippen molar-refractivity contribution in [1.29, 1.82) is 0 Å². The molecule has 1 rings (SSSR count). The molecule has 0 spiro atoms. The van der Waals surface area contributed by atoms with E-state index in [1.165, 1.54) is 0 Å². The molecule has 1 fully saturated rings. The summed E-state index contributed by atoms with van der Waals surface area (Å²) in [4.78, 5) is 23.1. The molecule has 2 unspecified atom stereocenters. The molecule has 22 heavy (non-hydrogen) atoms. The third-order valence-corrected chi connectivity index (χ3v) is 4.35. The Bertz CT molecular complexity index is 388. The molecule has 0 aromatic rings. The molecule has 0 aromatic carbocycles. The van der Waals surface area contributed by atoms with Crippen molar-refractivity contribution in [2.45, 2.75) is 64.2 Å². The molecule has 0 bridgehead atoms. The van der Waals surface area contributed by atoms with Crippen molar-refractivity contribution in [3.05, 3.63) is 11.6 Å². The third-order valence-electron chi connectivity index (χ3n) is 3.77. The molecule has 126 valence electrons. The van der Waals surface area contributed by atoms with E-state index in [4.69, 9.17) is 21.1 Å². The van der Waals surface area contributed by atoms with Gasteiger partial charge in [0, 0.05) is 24.1 Å². The van der Waals surface area contributed by atoms with Crippen LogP contribution < -0.4 is 0 Å². The lowest BCUT2D eigenvalue weighted by molar-refractivity contribution is -0.146. The number of hydrogen-bond acceptors (Lipinski definition) is 4. The number of alkyl halides is 1. The van der Waals surface area contributed by atoms with Gasteiger partial charge in [0.25, 0.3) is 0 Å². The van der Waals surface area contributed by atoms with Gasteiger partial charge in [-0.05, 0) is 39.2 Å². The van der Waals surface area contributed by atoms with Gasteiger partial charge in [-0.25, -0.2) is 0 Å². The van der Waals surface area contributed by atoms with Crippen LogP contribution in [0.15, 0.2) is 11.6 Å². The number of hydrogen-bond donors (Lipinski definition) is 0. The van der Waals surface area contributed by atoms with Crippen molar-refractivity contribution in [2.24, 2.45) is 5.92 Å². The van der Waals surface area contributed by atoms with Gasteiger partial charge in [0.1, 0.15) is 6.61 Å². The van der Waals surface area contributed by atoms with Crippen molar-refractivity contribution in [3.8, 4) is 0 Å². The van der Waals surface area contributed by atoms with E-state index in [2.05, 4.69) is 0 Å². The minimum Gasteiger partial charge on any atom is -0.465 e. The Morgan fingerprint density at radius 2 is 1.73 bits per heavy atom. The summed E-state index contributed by atoms with van der Waals surface area (Å²) in [5.74, 6) is -0.265. The summed E-state index contributed by atoms with van der Waals surface area (Å²) in [7, 11) is 0. The van der Waals surface area contributed by atoms with Crippen LogP contribution in [-0.2, 0) is 19.1 Å². The molecule has 0 amide bonds. The maximum absolute atomic E-state index is 11.7. The molecule has 5 heteroatoms. The van der Waals surface area contributed by atoms with Crippen LogP contribution in [0.3, 0.4) is 0 Å². The SMILES string of the molecule is CC(C)=CCOC(=O)CCCC(=O)OCC1CCCCC1Cl. The van der Waals surface area contributed by atoms with Crippen molar-refractivity contribution < 1.29 is 19.1 Å². The van der Waals surface area contributed by atoms with E-state index in [1.807, 2.05) is 19.9 Å². The zero-order chi connectivity index (χ0) is 16.4. The van der Waals surface area contributed by atoms with Crippen LogP contribution in [0.4, 0.5) is 0 Å². The number of esters is 2. The summed E-state index contributed by atoms with van der Waals surface area (Å²) in [6.07, 6.45) is 7.14. The lowest BCUT2D eigenvalue weighted by atomic mass is 9.89. The smallest absolute Gasteiger partial charge is 0.306 e. The van der Waals surface area contributed by atoms with E-state index in [9.17, 15) is 9.59 Å². The van der Waals surface area contributed by atoms with Gasteiger partial charge in [-0.2, -0.15) is 0 Å². The monoisotopic (exact) mass is 330 g/mol. The third kappa shape index (κ3) is 8.42. The molecule has 0 aromatic heterocycles. The number of carbonyl (C=O) groups is 2. The van der Waals surface area contributed by atoms with Gasteiger partial charge in [0.2, 0.25) is 0 Å². The van der Waals surface area contributed by atoms with E-state index < -0.39 is 0 Å². The molecule has 0 heterocycles. The number of rotatable bonds is 8. The Morgan fingerprint density at radius 1 is 1.09 bits per heavy atom. The van der Waals surface area contributed by atoms with Gasteiger partial charge in [0.05, 0.1) is 6.61 Å². The quantitative estimate of drug-likeness (QED) is 0.383. The van der Waals surface area contributed by atoms with Crippen molar-refractivity contribution in [1.82, 2.24) is 0 Å². The second-order valence-electron chi connectivity index (χ2n) is 6.06. The average Bonchev–Trinajstić information content (AvgIpc) is 2.46. The van der Waals surface area contributed by atoms with Crippen molar-refractivity contribution in [3.63, 3.8) is 0 Å². The zero-order valence-electron chi connectivity index (χ0n) is 13.6. The van der Waals surface area contributed by atoms with Crippen LogP contribution in [0.2, 0.25) is 0 Å². The first kappa shape index (κ1) is 19.0. The fourth-order valence-corrected chi connectivity index (χ4v) is 2.73. The second-order valence-corrected chi connectivity index (χ2v) is 6.62. The van der Waals surface area contributed by atoms with E-state index >= 15 is 0 Å². The molecule has 2 atom stereocenters. The standard InChI is InChI=1S/C17H27ClO4/c1-13(2)10-11-21-16(19)8-5-9-17(20)22-12-14-6-3-4-7-15(14)18/h10,14-15H,3-9,11-12H2,1-2H3. The van der Waals surface area contributed by atoms with Gasteiger partial charge >= 0.3 is 11.9 Å². The van der Waals surface area contributed by atoms with Crippen LogP contribution in [0.5, 0.6) is 0 Å². The summed E-state index contributed by atoms with van der Waals surface area (Å²) in [6, 6.07) is 0. The molecule has 1 saturated carbocycles. The molecule has 0 N–H and O–H groups in total. The minimum absolute atomic E-state index is 0.117. The highest BCUT2D eigenvalue weighted by molar-refractivity contribution is 6.20. The average molecular weight is 331 g/mol. The number of halogens is 1. The van der Waals surface area contributed by atoms with Gasteiger partial charge < -0.3 is 9.47 Å². The fourth-order valence-electron chi connectivity index (χ4n) is 2.37. The summed E-state index contributed by atoms with van der Waals surface area (Å²) < 4.78 is 10.3. The van der Waals surface area contributed by atoms with Gasteiger partial charge in [0.15, 0.2) is 0 Å². The Morgan fingerprint density at radius 3 is 2.36 bits per heavy atom. The predicted molar refractivity (Wildman–Crippen MR) is 86.8 cm³/mol. The van der Waals surface area contributed by atoms with Crippen LogP contribution in [0, 0.1) is 5.92 Å². The van der Waals surface area contributed by atoms with Crippen molar-refractivity contribution in [2.75, 3.05) is 13.2 Å². The Kier molecular flexibility index (Phi) is 9.21. The predicted octanol–water partition coefficient (Wildman–Crippen LogP) is 4.01. The van der Waals surface area contributed by atoms with Gasteiger partial charge in [-0.3, -0.25) is 9.59 Å². The van der Waals surface area contributed by atoms with Crippen LogP contribution in [0.1, 0.15) is 58.8 Å². The van der Waals surface area contributed by atoms with Gasteiger partial charge in [-0.1, -0.05) is 18.4 Å². The highest BCUT2D eigenvalue weighted by atomic mass is 35.5. The minimum atomic E-state index is -0.279. The van der Waals surface area contributed by atoms with Crippen LogP contribution in [0.25, 0.3) is 0 Å². The fraction of sp³-hybridized carbons (Fsp3) is 0.765. The second kappa shape index (κ2) is 10.7. The van der Waals surface area contributed by atoms with Crippen molar-refractivity contribution >= 4 is 23.5 Å². The number of carbonyl (C=O) groups excluding carboxylic acids is 2. The molecular weight excluding hydrogens is 304 g/mol. The van der Waals surface area contributed by atoms with Crippen LogP contribution >= 0.6 is 11.6 Å². The molecule has 1 aliphatic rings. The first-order chi connectivity index (χ1) is 10.5. The first-order valence-corrected chi connectivity index (χ1v) is 8.51. The highest BCUT2D eigenvalue weighted by Gasteiger charge is 2.24. The maximum Gasteiger partial charge on any atom is 0.306 e. The summed E-state index contributed by atoms with van der Waals surface area (Å²) in [6.45, 7) is 4.59. The van der Waals surface area contributed by atoms with E-state index in [-0.39, 0.29) is 36.1 Å².